The van der Waals surface area contributed by atoms with Gasteiger partial charge in [0.05, 0.1) is 0 Å². The highest BCUT2D eigenvalue weighted by molar-refractivity contribution is 5.66. The molecule has 0 aliphatic rings. The van der Waals surface area contributed by atoms with E-state index >= 15 is 0 Å². The molecule has 0 aliphatic heterocycles. The quantitative estimate of drug-likeness (QED) is 0.782. The largest absolute Gasteiger partial charge is 0.385 e. The fraction of sp³-hybridized carbons (Fsp3) is 0.231. The summed E-state index contributed by atoms with van der Waals surface area (Å²) in [5.41, 5.74) is 3.12. The molecule has 0 unspecified atom stereocenters. The van der Waals surface area contributed by atoms with Crippen molar-refractivity contribution in [3.05, 3.63) is 34.9 Å². The Bertz CT molecular complexity index is 471. The van der Waals surface area contributed by atoms with Crippen LogP contribution in [0.2, 0.25) is 0 Å². The minimum atomic E-state index is 0.124. The summed E-state index contributed by atoms with van der Waals surface area (Å²) in [7, 11) is 0. The van der Waals surface area contributed by atoms with Crippen LogP contribution < -0.4 is 5.32 Å². The molecule has 3 nitrogen and oxygen atoms in total. The van der Waals surface area contributed by atoms with Crippen molar-refractivity contribution >= 4 is 11.8 Å². The molecular weight excluding hydrogens is 198 g/mol. The van der Waals surface area contributed by atoms with Gasteiger partial charge in [-0.05, 0) is 43.2 Å². The molecule has 0 heterocycles. The maximum absolute atomic E-state index is 8.66. The second-order valence-electron chi connectivity index (χ2n) is 3.38. The van der Waals surface area contributed by atoms with Crippen molar-refractivity contribution < 1.29 is 0 Å². The first-order valence-electron chi connectivity index (χ1n) is 5.07. The molecule has 0 atom stereocenters. The summed E-state index contributed by atoms with van der Waals surface area (Å²) in [6, 6.07) is 9.55. The Hall–Kier alpha value is -2.26. The fourth-order valence-corrected chi connectivity index (χ4v) is 1.40. The van der Waals surface area contributed by atoms with E-state index in [0.29, 0.717) is 0 Å². The average molecular weight is 211 g/mol. The normalized spacial score (nSPS) is 8.75. The Labute approximate surface area is 95.6 Å². The van der Waals surface area contributed by atoms with Crippen molar-refractivity contribution in [2.24, 2.45) is 0 Å². The smallest absolute Gasteiger partial charge is 0.130 e. The van der Waals surface area contributed by atoms with Crippen molar-refractivity contribution in [1.82, 2.24) is 0 Å². The van der Waals surface area contributed by atoms with E-state index in [9.17, 15) is 0 Å². The number of hydrogen-bond donors (Lipinski definition) is 1. The molecule has 80 valence electrons. The van der Waals surface area contributed by atoms with Crippen LogP contribution >= 0.6 is 0 Å². The van der Waals surface area contributed by atoms with Crippen LogP contribution in [0.5, 0.6) is 0 Å². The maximum Gasteiger partial charge on any atom is 0.130 e. The molecule has 0 bridgehead atoms. The van der Waals surface area contributed by atoms with Crippen LogP contribution in [0.25, 0.3) is 6.08 Å². The first kappa shape index (κ1) is 11.8. The van der Waals surface area contributed by atoms with Gasteiger partial charge in [0, 0.05) is 12.2 Å². The Balaban J connectivity index is 3.06. The van der Waals surface area contributed by atoms with Gasteiger partial charge in [-0.2, -0.15) is 10.5 Å². The van der Waals surface area contributed by atoms with Crippen LogP contribution in [0.15, 0.2) is 23.8 Å². The van der Waals surface area contributed by atoms with Crippen molar-refractivity contribution in [3.63, 3.8) is 0 Å². The van der Waals surface area contributed by atoms with Gasteiger partial charge in [-0.15, -0.1) is 0 Å². The molecule has 1 rings (SSSR count). The van der Waals surface area contributed by atoms with Crippen LogP contribution in [0, 0.1) is 29.6 Å². The van der Waals surface area contributed by atoms with E-state index < -0.39 is 0 Å². The first-order valence-corrected chi connectivity index (χ1v) is 5.07. The van der Waals surface area contributed by atoms with Crippen LogP contribution in [0.4, 0.5) is 5.69 Å². The molecule has 0 aromatic heterocycles. The van der Waals surface area contributed by atoms with E-state index in [2.05, 4.69) is 5.32 Å². The number of nitriles is 2. The Morgan fingerprint density at radius 1 is 1.38 bits per heavy atom. The van der Waals surface area contributed by atoms with Crippen LogP contribution in [0.3, 0.4) is 0 Å². The molecule has 0 saturated heterocycles. The predicted molar refractivity (Wildman–Crippen MR) is 64.5 cm³/mol. The number of anilines is 1. The Morgan fingerprint density at radius 2 is 2.06 bits per heavy atom. The number of benzene rings is 1. The minimum absolute atomic E-state index is 0.124. The standard InChI is InChI=1S/C13H13N3/c1-3-16-13-5-4-12(10(2)6-13)7-11(8-14)9-15/h4-7,16H,3H2,1-2H3. The molecule has 0 aliphatic carbocycles. The molecule has 0 spiro atoms. The molecule has 1 aromatic rings. The van der Waals surface area contributed by atoms with Crippen molar-refractivity contribution in [3.8, 4) is 12.1 Å². The van der Waals surface area contributed by atoms with Gasteiger partial charge in [0.2, 0.25) is 0 Å². The Morgan fingerprint density at radius 3 is 2.56 bits per heavy atom. The molecule has 16 heavy (non-hydrogen) atoms. The third-order valence-electron chi connectivity index (χ3n) is 2.19. The summed E-state index contributed by atoms with van der Waals surface area (Å²) < 4.78 is 0. The zero-order chi connectivity index (χ0) is 12.0. The summed E-state index contributed by atoms with van der Waals surface area (Å²) in [5.74, 6) is 0. The van der Waals surface area contributed by atoms with Crippen LogP contribution in [-0.4, -0.2) is 6.54 Å². The third kappa shape index (κ3) is 2.87. The summed E-state index contributed by atoms with van der Waals surface area (Å²) in [6.45, 7) is 4.86. The third-order valence-corrected chi connectivity index (χ3v) is 2.19. The van der Waals surface area contributed by atoms with E-state index in [1.54, 1.807) is 6.08 Å². The SMILES string of the molecule is CCNc1ccc(C=C(C#N)C#N)c(C)c1. The van der Waals surface area contributed by atoms with Gasteiger partial charge in [-0.3, -0.25) is 0 Å². The number of rotatable bonds is 3. The fourth-order valence-electron chi connectivity index (χ4n) is 1.40. The monoisotopic (exact) mass is 211 g/mol. The first-order chi connectivity index (χ1) is 7.71. The Kier molecular flexibility index (Phi) is 4.12. The van der Waals surface area contributed by atoms with Crippen molar-refractivity contribution in [2.45, 2.75) is 13.8 Å². The lowest BCUT2D eigenvalue weighted by molar-refractivity contribution is 1.21. The highest BCUT2D eigenvalue weighted by Gasteiger charge is 1.99. The van der Waals surface area contributed by atoms with Gasteiger partial charge >= 0.3 is 0 Å². The number of nitrogens with one attached hydrogen (secondary N) is 1. The summed E-state index contributed by atoms with van der Waals surface area (Å²) in [4.78, 5) is 0. The molecule has 1 N–H and O–H groups in total. The lowest BCUT2D eigenvalue weighted by atomic mass is 10.1. The average Bonchev–Trinajstić information content (AvgIpc) is 2.29. The lowest BCUT2D eigenvalue weighted by Crippen LogP contribution is -1.96. The van der Waals surface area contributed by atoms with Crippen LogP contribution in [-0.2, 0) is 0 Å². The number of aryl methyl sites for hydroxylation is 1. The number of nitrogens with zero attached hydrogens (tertiary/aromatic N) is 2. The molecule has 0 fully saturated rings. The summed E-state index contributed by atoms with van der Waals surface area (Å²) >= 11 is 0. The zero-order valence-corrected chi connectivity index (χ0v) is 9.41. The molecular formula is C13H13N3. The van der Waals surface area contributed by atoms with E-state index in [0.717, 1.165) is 23.4 Å². The van der Waals surface area contributed by atoms with Crippen molar-refractivity contribution in [2.75, 3.05) is 11.9 Å². The van der Waals surface area contributed by atoms with Crippen LogP contribution in [0.1, 0.15) is 18.1 Å². The van der Waals surface area contributed by atoms with Gasteiger partial charge in [-0.25, -0.2) is 0 Å². The molecule has 1 aromatic carbocycles. The van der Waals surface area contributed by atoms with Gasteiger partial charge in [0.15, 0.2) is 0 Å². The minimum Gasteiger partial charge on any atom is -0.385 e. The van der Waals surface area contributed by atoms with Gasteiger partial charge in [-0.1, -0.05) is 6.07 Å². The maximum atomic E-state index is 8.66. The predicted octanol–water partition coefficient (Wildman–Crippen LogP) is 2.86. The zero-order valence-electron chi connectivity index (χ0n) is 9.41. The molecule has 0 radical (unpaired) electrons. The van der Waals surface area contributed by atoms with Crippen molar-refractivity contribution in [1.29, 1.82) is 10.5 Å². The number of allylic oxidation sites excluding steroid dienone is 1. The van der Waals surface area contributed by atoms with E-state index in [1.807, 2.05) is 44.2 Å². The highest BCUT2D eigenvalue weighted by atomic mass is 14.8. The van der Waals surface area contributed by atoms with E-state index in [1.165, 1.54) is 0 Å². The molecule has 3 heteroatoms. The molecule has 0 saturated carbocycles. The second kappa shape index (κ2) is 5.58. The topological polar surface area (TPSA) is 59.6 Å². The van der Waals surface area contributed by atoms with E-state index in [-0.39, 0.29) is 5.57 Å². The summed E-state index contributed by atoms with van der Waals surface area (Å²) in [5, 5.41) is 20.5. The highest BCUT2D eigenvalue weighted by Crippen LogP contribution is 2.17. The van der Waals surface area contributed by atoms with Gasteiger partial charge in [0.1, 0.15) is 17.7 Å². The lowest BCUT2D eigenvalue weighted by Gasteiger charge is -2.06. The second-order valence-corrected chi connectivity index (χ2v) is 3.38. The van der Waals surface area contributed by atoms with E-state index in [4.69, 9.17) is 10.5 Å². The van der Waals surface area contributed by atoms with Gasteiger partial charge in [0.25, 0.3) is 0 Å². The number of hydrogen-bond acceptors (Lipinski definition) is 3. The summed E-state index contributed by atoms with van der Waals surface area (Å²) in [6.07, 6.45) is 1.60. The molecule has 0 amide bonds. The van der Waals surface area contributed by atoms with Gasteiger partial charge < -0.3 is 5.32 Å².